The van der Waals surface area contributed by atoms with Crippen molar-refractivity contribution in [3.63, 3.8) is 0 Å². The number of nitrogens with zero attached hydrogens (tertiary/aromatic N) is 4. The predicted molar refractivity (Wildman–Crippen MR) is 70.2 cm³/mol. The van der Waals surface area contributed by atoms with Crippen LogP contribution >= 0.6 is 34.9 Å². The first-order valence-corrected chi connectivity index (χ1v) is 7.76. The van der Waals surface area contributed by atoms with E-state index in [-0.39, 0.29) is 5.56 Å². The number of carboxylic acid groups (broad SMARTS) is 1. The van der Waals surface area contributed by atoms with Crippen LogP contribution in [0, 0.1) is 0 Å². The van der Waals surface area contributed by atoms with Gasteiger partial charge in [-0.1, -0.05) is 34.9 Å². The maximum atomic E-state index is 11.0. The zero-order valence-electron chi connectivity index (χ0n) is 9.23. The van der Waals surface area contributed by atoms with Crippen LogP contribution in [0.15, 0.2) is 21.2 Å². The molecule has 0 aliphatic carbocycles. The second-order valence-corrected chi connectivity index (χ2v) is 6.27. The number of hydrogen-bond acceptors (Lipinski definition) is 8. The van der Waals surface area contributed by atoms with E-state index in [0.717, 1.165) is 8.68 Å². The maximum absolute atomic E-state index is 11.0. The number of carbonyl (C=O) groups is 1. The van der Waals surface area contributed by atoms with E-state index >= 15 is 0 Å². The number of hydrogen-bond donors (Lipinski definition) is 1. The molecule has 2 aromatic rings. The average Bonchev–Trinajstić information content (AvgIpc) is 2.84. The molecule has 0 amide bonds. The molecule has 1 N–H and O–H groups in total. The molecule has 2 aromatic heterocycles. The topological polar surface area (TPSA) is 88.9 Å². The van der Waals surface area contributed by atoms with Gasteiger partial charge in [0.15, 0.2) is 8.68 Å². The minimum absolute atomic E-state index is 0.125. The molecule has 94 valence electrons. The fourth-order valence-corrected chi connectivity index (χ4v) is 3.52. The Kier molecular flexibility index (Phi) is 4.50. The third-order valence-electron chi connectivity index (χ3n) is 1.92. The lowest BCUT2D eigenvalue weighted by Crippen LogP contribution is -2.04. The van der Waals surface area contributed by atoms with Gasteiger partial charge < -0.3 is 5.11 Å². The van der Waals surface area contributed by atoms with Gasteiger partial charge in [0.2, 0.25) is 0 Å². The molecule has 0 unspecified atom stereocenters. The number of aromatic carboxylic acids is 1. The molecule has 0 aromatic carbocycles. The Hall–Kier alpha value is -1.19. The van der Waals surface area contributed by atoms with E-state index < -0.39 is 5.97 Å². The van der Waals surface area contributed by atoms with Gasteiger partial charge in [-0.05, 0) is 6.26 Å². The lowest BCUT2D eigenvalue weighted by atomic mass is 10.2. The molecule has 18 heavy (non-hydrogen) atoms. The van der Waals surface area contributed by atoms with Crippen molar-refractivity contribution >= 4 is 40.8 Å². The van der Waals surface area contributed by atoms with Crippen LogP contribution in [-0.2, 0) is 5.75 Å². The van der Waals surface area contributed by atoms with E-state index in [1.54, 1.807) is 0 Å². The van der Waals surface area contributed by atoms with Crippen LogP contribution in [0.5, 0.6) is 0 Å². The molecule has 9 heteroatoms. The molecule has 0 fully saturated rings. The van der Waals surface area contributed by atoms with Crippen molar-refractivity contribution in [3.05, 3.63) is 23.8 Å². The van der Waals surface area contributed by atoms with Gasteiger partial charge in [0, 0.05) is 11.9 Å². The van der Waals surface area contributed by atoms with Crippen LogP contribution in [0.2, 0.25) is 0 Å². The smallest absolute Gasteiger partial charge is 0.339 e. The van der Waals surface area contributed by atoms with Crippen LogP contribution < -0.4 is 0 Å². The number of rotatable bonds is 5. The molecule has 0 saturated carbocycles. The molecular formula is C9H8N4O2S3. The lowest BCUT2D eigenvalue weighted by molar-refractivity contribution is 0.0695. The highest BCUT2D eigenvalue weighted by atomic mass is 32.2. The van der Waals surface area contributed by atoms with Crippen LogP contribution in [0.25, 0.3) is 0 Å². The summed E-state index contributed by atoms with van der Waals surface area (Å²) in [5.74, 6) is -0.582. The summed E-state index contributed by atoms with van der Waals surface area (Å²) in [7, 11) is 0. The highest BCUT2D eigenvalue weighted by Crippen LogP contribution is 2.29. The molecule has 0 aliphatic heterocycles. The SMILES string of the molecule is CSc1nnc(SCc2ncncc2C(=O)O)s1. The lowest BCUT2D eigenvalue weighted by Gasteiger charge is -2.01. The minimum atomic E-state index is -1.02. The van der Waals surface area contributed by atoms with Crippen molar-refractivity contribution in [1.82, 2.24) is 20.2 Å². The second kappa shape index (κ2) is 6.12. The highest BCUT2D eigenvalue weighted by Gasteiger charge is 2.12. The minimum Gasteiger partial charge on any atom is -0.478 e. The first-order valence-electron chi connectivity index (χ1n) is 4.73. The first kappa shape index (κ1) is 13.2. The first-order chi connectivity index (χ1) is 8.70. The fraction of sp³-hybridized carbons (Fsp3) is 0.222. The van der Waals surface area contributed by atoms with Gasteiger partial charge in [0.25, 0.3) is 0 Å². The zero-order valence-corrected chi connectivity index (χ0v) is 11.7. The summed E-state index contributed by atoms with van der Waals surface area (Å²) in [6.07, 6.45) is 4.58. The van der Waals surface area contributed by atoms with E-state index in [2.05, 4.69) is 20.2 Å². The summed E-state index contributed by atoms with van der Waals surface area (Å²) < 4.78 is 1.69. The Bertz CT molecular complexity index is 560. The summed E-state index contributed by atoms with van der Waals surface area (Å²) in [6, 6.07) is 0. The molecule has 0 saturated heterocycles. The van der Waals surface area contributed by atoms with Crippen molar-refractivity contribution in [1.29, 1.82) is 0 Å². The third-order valence-corrected chi connectivity index (χ3v) is 4.96. The summed E-state index contributed by atoms with van der Waals surface area (Å²) in [5.41, 5.74) is 0.614. The fourth-order valence-electron chi connectivity index (χ4n) is 1.12. The van der Waals surface area contributed by atoms with Gasteiger partial charge in [-0.3, -0.25) is 0 Å². The van der Waals surface area contributed by atoms with Crippen molar-refractivity contribution in [2.45, 2.75) is 14.4 Å². The van der Waals surface area contributed by atoms with E-state index in [4.69, 9.17) is 5.11 Å². The Labute approximate surface area is 115 Å². The predicted octanol–water partition coefficient (Wildman–Crippen LogP) is 2.04. The highest BCUT2D eigenvalue weighted by molar-refractivity contribution is 8.02. The number of thioether (sulfide) groups is 2. The van der Waals surface area contributed by atoms with Crippen LogP contribution in [0.1, 0.15) is 16.1 Å². The van der Waals surface area contributed by atoms with Gasteiger partial charge in [-0.2, -0.15) is 0 Å². The average molecular weight is 300 g/mol. The normalized spacial score (nSPS) is 10.5. The molecule has 0 atom stereocenters. The third kappa shape index (κ3) is 3.18. The number of carboxylic acids is 1. The summed E-state index contributed by atoms with van der Waals surface area (Å²) in [6.45, 7) is 0. The molecule has 2 rings (SSSR count). The van der Waals surface area contributed by atoms with Crippen LogP contribution in [0.3, 0.4) is 0 Å². The molecule has 2 heterocycles. The number of aromatic nitrogens is 4. The molecule has 0 radical (unpaired) electrons. The zero-order chi connectivity index (χ0) is 13.0. The van der Waals surface area contributed by atoms with Crippen LogP contribution in [0.4, 0.5) is 0 Å². The van der Waals surface area contributed by atoms with E-state index in [1.807, 2.05) is 6.26 Å². The van der Waals surface area contributed by atoms with Crippen molar-refractivity contribution in [3.8, 4) is 0 Å². The summed E-state index contributed by atoms with van der Waals surface area (Å²) in [4.78, 5) is 18.7. The van der Waals surface area contributed by atoms with E-state index in [1.165, 1.54) is 47.4 Å². The van der Waals surface area contributed by atoms with Gasteiger partial charge >= 0.3 is 5.97 Å². The Balaban J connectivity index is 2.08. The second-order valence-electron chi connectivity index (χ2n) is 3.01. The van der Waals surface area contributed by atoms with Crippen molar-refractivity contribution in [2.75, 3.05) is 6.26 Å². The van der Waals surface area contributed by atoms with Crippen molar-refractivity contribution in [2.24, 2.45) is 0 Å². The molecule has 0 aliphatic rings. The molecule has 0 spiro atoms. The van der Waals surface area contributed by atoms with Crippen molar-refractivity contribution < 1.29 is 9.90 Å². The van der Waals surface area contributed by atoms with E-state index in [9.17, 15) is 4.79 Å². The summed E-state index contributed by atoms with van der Waals surface area (Å²) in [5, 5.41) is 16.9. The van der Waals surface area contributed by atoms with Gasteiger partial charge in [0.1, 0.15) is 11.9 Å². The molecule has 6 nitrogen and oxygen atoms in total. The van der Waals surface area contributed by atoms with Gasteiger partial charge in [-0.25, -0.2) is 14.8 Å². The summed E-state index contributed by atoms with van der Waals surface area (Å²) >= 11 is 4.43. The van der Waals surface area contributed by atoms with E-state index in [0.29, 0.717) is 11.4 Å². The van der Waals surface area contributed by atoms with Gasteiger partial charge in [0.05, 0.1) is 5.69 Å². The monoisotopic (exact) mass is 300 g/mol. The molecule has 0 bridgehead atoms. The Morgan fingerprint density at radius 3 is 2.89 bits per heavy atom. The van der Waals surface area contributed by atoms with Gasteiger partial charge in [-0.15, -0.1) is 10.2 Å². The standard InChI is InChI=1S/C9H8N4O2S3/c1-16-8-12-13-9(18-8)17-3-6-5(7(14)15)2-10-4-11-6/h2,4H,3H2,1H3,(H,14,15). The largest absolute Gasteiger partial charge is 0.478 e. The quantitative estimate of drug-likeness (QED) is 0.839. The Morgan fingerprint density at radius 1 is 1.44 bits per heavy atom. The maximum Gasteiger partial charge on any atom is 0.339 e. The Morgan fingerprint density at radius 2 is 2.22 bits per heavy atom. The van der Waals surface area contributed by atoms with Crippen LogP contribution in [-0.4, -0.2) is 37.5 Å². The molecular weight excluding hydrogens is 292 g/mol.